The van der Waals surface area contributed by atoms with Crippen LogP contribution in [0.25, 0.3) is 0 Å². The number of rotatable bonds is 3. The predicted molar refractivity (Wildman–Crippen MR) is 76.4 cm³/mol. The van der Waals surface area contributed by atoms with Crippen molar-refractivity contribution in [1.82, 2.24) is 9.80 Å². The molecule has 4 nitrogen and oxygen atoms in total. The van der Waals surface area contributed by atoms with Gasteiger partial charge in [-0.1, -0.05) is 34.1 Å². The van der Waals surface area contributed by atoms with Crippen molar-refractivity contribution in [2.75, 3.05) is 13.1 Å². The molecule has 5 heteroatoms. The zero-order valence-corrected chi connectivity index (χ0v) is 12.7. The molecule has 0 bridgehead atoms. The molecule has 1 heterocycles. The number of hydrogen-bond acceptors (Lipinski definition) is 2. The Balaban J connectivity index is 2.10. The molecule has 1 aliphatic rings. The second-order valence-electron chi connectivity index (χ2n) is 4.91. The van der Waals surface area contributed by atoms with Gasteiger partial charge in [-0.3, -0.25) is 9.59 Å². The fourth-order valence-corrected chi connectivity index (χ4v) is 2.58. The van der Waals surface area contributed by atoms with Crippen LogP contribution in [0.5, 0.6) is 0 Å². The van der Waals surface area contributed by atoms with Crippen LogP contribution >= 0.6 is 15.9 Å². The van der Waals surface area contributed by atoms with Crippen LogP contribution in [-0.2, 0) is 16.1 Å². The SMILES string of the molecule is CC(C)N1CCN(Cc2ccccc2Br)C(=O)C1=O. The van der Waals surface area contributed by atoms with Crippen molar-refractivity contribution < 1.29 is 9.59 Å². The van der Waals surface area contributed by atoms with Crippen LogP contribution in [0.4, 0.5) is 0 Å². The Labute approximate surface area is 121 Å². The molecule has 0 saturated carbocycles. The third kappa shape index (κ3) is 2.97. The van der Waals surface area contributed by atoms with E-state index in [9.17, 15) is 9.59 Å². The summed E-state index contributed by atoms with van der Waals surface area (Å²) in [7, 11) is 0. The highest BCUT2D eigenvalue weighted by Crippen LogP contribution is 2.19. The van der Waals surface area contributed by atoms with Gasteiger partial charge in [-0.15, -0.1) is 0 Å². The lowest BCUT2D eigenvalue weighted by atomic mass is 10.1. The fraction of sp³-hybridized carbons (Fsp3) is 0.429. The maximum absolute atomic E-state index is 12.1. The molecule has 2 amide bonds. The van der Waals surface area contributed by atoms with Gasteiger partial charge >= 0.3 is 11.8 Å². The first-order valence-corrected chi connectivity index (χ1v) is 7.13. The summed E-state index contributed by atoms with van der Waals surface area (Å²) in [6.45, 7) is 5.51. The Morgan fingerprint density at radius 3 is 2.47 bits per heavy atom. The topological polar surface area (TPSA) is 40.6 Å². The Morgan fingerprint density at radius 2 is 1.84 bits per heavy atom. The molecule has 0 aromatic heterocycles. The summed E-state index contributed by atoms with van der Waals surface area (Å²) in [5.41, 5.74) is 1.02. The van der Waals surface area contributed by atoms with Gasteiger partial charge in [-0.2, -0.15) is 0 Å². The monoisotopic (exact) mass is 324 g/mol. The molecule has 19 heavy (non-hydrogen) atoms. The van der Waals surface area contributed by atoms with E-state index >= 15 is 0 Å². The summed E-state index contributed by atoms with van der Waals surface area (Å²) in [4.78, 5) is 27.3. The molecule has 1 fully saturated rings. The normalized spacial score (nSPS) is 16.4. The number of nitrogens with zero attached hydrogens (tertiary/aromatic N) is 2. The van der Waals surface area contributed by atoms with E-state index < -0.39 is 11.8 Å². The molecule has 0 radical (unpaired) electrons. The summed E-state index contributed by atoms with van der Waals surface area (Å²) < 4.78 is 0.960. The minimum Gasteiger partial charge on any atom is -0.330 e. The maximum Gasteiger partial charge on any atom is 0.312 e. The molecule has 1 saturated heterocycles. The molecule has 0 atom stereocenters. The van der Waals surface area contributed by atoms with E-state index in [0.29, 0.717) is 19.6 Å². The van der Waals surface area contributed by atoms with Crippen molar-refractivity contribution in [3.8, 4) is 0 Å². The summed E-state index contributed by atoms with van der Waals surface area (Å²) in [6, 6.07) is 7.82. The van der Waals surface area contributed by atoms with Crippen LogP contribution in [0.15, 0.2) is 28.7 Å². The molecule has 1 aliphatic heterocycles. The van der Waals surface area contributed by atoms with Crippen LogP contribution in [-0.4, -0.2) is 40.7 Å². The van der Waals surface area contributed by atoms with Gasteiger partial charge in [0.1, 0.15) is 0 Å². The second kappa shape index (κ2) is 5.74. The van der Waals surface area contributed by atoms with Crippen molar-refractivity contribution in [3.63, 3.8) is 0 Å². The maximum atomic E-state index is 12.1. The number of hydrogen-bond donors (Lipinski definition) is 0. The highest BCUT2D eigenvalue weighted by atomic mass is 79.9. The van der Waals surface area contributed by atoms with Crippen LogP contribution in [0, 0.1) is 0 Å². The smallest absolute Gasteiger partial charge is 0.312 e. The molecular formula is C14H17BrN2O2. The number of carbonyl (C=O) groups excluding carboxylic acids is 2. The van der Waals surface area contributed by atoms with Crippen molar-refractivity contribution in [2.24, 2.45) is 0 Å². The van der Waals surface area contributed by atoms with Gasteiger partial charge < -0.3 is 9.80 Å². The Bertz CT molecular complexity index is 502. The first-order valence-electron chi connectivity index (χ1n) is 6.34. The molecular weight excluding hydrogens is 308 g/mol. The van der Waals surface area contributed by atoms with Crippen molar-refractivity contribution in [3.05, 3.63) is 34.3 Å². The third-order valence-corrected chi connectivity index (χ3v) is 4.06. The van der Waals surface area contributed by atoms with E-state index in [1.165, 1.54) is 0 Å². The Kier molecular flexibility index (Phi) is 4.24. The first kappa shape index (κ1) is 14.1. The summed E-state index contributed by atoms with van der Waals surface area (Å²) in [5.74, 6) is -0.802. The molecule has 1 aromatic rings. The second-order valence-corrected chi connectivity index (χ2v) is 5.76. The van der Waals surface area contributed by atoms with Gasteiger partial charge in [0.25, 0.3) is 0 Å². The van der Waals surface area contributed by atoms with E-state index in [-0.39, 0.29) is 6.04 Å². The Morgan fingerprint density at radius 1 is 1.16 bits per heavy atom. The molecule has 0 unspecified atom stereocenters. The first-order chi connectivity index (χ1) is 9.00. The largest absolute Gasteiger partial charge is 0.330 e. The lowest BCUT2D eigenvalue weighted by Gasteiger charge is -2.36. The van der Waals surface area contributed by atoms with E-state index in [1.807, 2.05) is 38.1 Å². The molecule has 102 valence electrons. The van der Waals surface area contributed by atoms with Crippen LogP contribution in [0.1, 0.15) is 19.4 Å². The third-order valence-electron chi connectivity index (χ3n) is 3.28. The van der Waals surface area contributed by atoms with Crippen molar-refractivity contribution in [1.29, 1.82) is 0 Å². The number of piperazine rings is 1. The fourth-order valence-electron chi connectivity index (χ4n) is 2.17. The summed E-state index contributed by atoms with van der Waals surface area (Å²) in [5, 5.41) is 0. The zero-order valence-electron chi connectivity index (χ0n) is 11.1. The van der Waals surface area contributed by atoms with Crippen LogP contribution in [0.3, 0.4) is 0 Å². The highest BCUT2D eigenvalue weighted by Gasteiger charge is 2.33. The molecule has 0 N–H and O–H groups in total. The van der Waals surface area contributed by atoms with Crippen LogP contribution < -0.4 is 0 Å². The lowest BCUT2D eigenvalue weighted by molar-refractivity contribution is -0.157. The average Bonchev–Trinajstić information content (AvgIpc) is 2.37. The molecule has 0 spiro atoms. The van der Waals surface area contributed by atoms with Crippen molar-refractivity contribution in [2.45, 2.75) is 26.4 Å². The van der Waals surface area contributed by atoms with Gasteiger partial charge in [0.2, 0.25) is 0 Å². The summed E-state index contributed by atoms with van der Waals surface area (Å²) >= 11 is 3.46. The number of carbonyl (C=O) groups is 2. The average molecular weight is 325 g/mol. The van der Waals surface area contributed by atoms with Gasteiger partial charge in [-0.25, -0.2) is 0 Å². The number of benzene rings is 1. The number of amides is 2. The molecule has 2 rings (SSSR count). The van der Waals surface area contributed by atoms with Gasteiger partial charge in [0.05, 0.1) is 0 Å². The lowest BCUT2D eigenvalue weighted by Crippen LogP contribution is -2.55. The molecule has 1 aromatic carbocycles. The molecule has 0 aliphatic carbocycles. The van der Waals surface area contributed by atoms with Gasteiger partial charge in [-0.05, 0) is 25.5 Å². The van der Waals surface area contributed by atoms with E-state index in [2.05, 4.69) is 15.9 Å². The zero-order chi connectivity index (χ0) is 14.0. The Hall–Kier alpha value is -1.36. The number of halogens is 1. The van der Waals surface area contributed by atoms with Gasteiger partial charge in [0.15, 0.2) is 0 Å². The highest BCUT2D eigenvalue weighted by molar-refractivity contribution is 9.10. The van der Waals surface area contributed by atoms with Crippen molar-refractivity contribution >= 4 is 27.7 Å². The quantitative estimate of drug-likeness (QED) is 0.798. The predicted octanol–water partition coefficient (Wildman–Crippen LogP) is 2.03. The minimum atomic E-state index is -0.407. The van der Waals surface area contributed by atoms with E-state index in [0.717, 1.165) is 10.0 Å². The minimum absolute atomic E-state index is 0.0714. The summed E-state index contributed by atoms with van der Waals surface area (Å²) in [6.07, 6.45) is 0. The van der Waals surface area contributed by atoms with Crippen LogP contribution in [0.2, 0.25) is 0 Å². The van der Waals surface area contributed by atoms with E-state index in [4.69, 9.17) is 0 Å². The van der Waals surface area contributed by atoms with Gasteiger partial charge in [0, 0.05) is 30.1 Å². The standard InChI is InChI=1S/C14H17BrN2O2/c1-10(2)17-8-7-16(13(18)14(17)19)9-11-5-3-4-6-12(11)15/h3-6,10H,7-9H2,1-2H3. The van der Waals surface area contributed by atoms with E-state index in [1.54, 1.807) is 9.80 Å².